The molecule has 0 bridgehead atoms. The van der Waals surface area contributed by atoms with E-state index in [9.17, 15) is 34.2 Å². The van der Waals surface area contributed by atoms with Crippen LogP contribution in [0.3, 0.4) is 0 Å². The number of aliphatic imine (C=N–C) groups is 1. The Morgan fingerprint density at radius 2 is 1.56 bits per heavy atom. The van der Waals surface area contributed by atoms with Crippen molar-refractivity contribution in [3.05, 3.63) is 54.2 Å². The molecule has 4 atom stereocenters. The molecule has 0 saturated heterocycles. The van der Waals surface area contributed by atoms with Crippen molar-refractivity contribution in [3.63, 3.8) is 0 Å². The second kappa shape index (κ2) is 16.4. The molecule has 0 radical (unpaired) electrons. The molecule has 242 valence electrons. The Labute approximate surface area is 257 Å². The third-order valence-electron chi connectivity index (χ3n) is 6.90. The monoisotopic (exact) mass is 626 g/mol. The van der Waals surface area contributed by atoms with Gasteiger partial charge in [0.2, 0.25) is 17.7 Å². The molecule has 13 N–H and O–H groups in total. The van der Waals surface area contributed by atoms with Crippen LogP contribution in [-0.2, 0) is 36.8 Å². The molecule has 0 spiro atoms. The van der Waals surface area contributed by atoms with E-state index in [0.29, 0.717) is 5.69 Å². The molecule has 17 nitrogen and oxygen atoms in total. The second-order valence-electron chi connectivity index (χ2n) is 10.4. The lowest BCUT2D eigenvalue weighted by molar-refractivity contribution is -0.143. The Hall–Kier alpha value is -5.45. The molecule has 17 heteroatoms. The van der Waals surface area contributed by atoms with Gasteiger partial charge in [-0.1, -0.05) is 18.2 Å². The summed E-state index contributed by atoms with van der Waals surface area (Å²) in [6, 6.07) is 2.41. The number of carbonyl (C=O) groups is 5. The minimum absolute atomic E-state index is 0.0407. The van der Waals surface area contributed by atoms with E-state index in [1.807, 2.05) is 24.3 Å². The van der Waals surface area contributed by atoms with E-state index in [1.165, 1.54) is 12.5 Å². The lowest BCUT2D eigenvalue weighted by Crippen LogP contribution is -2.57. The van der Waals surface area contributed by atoms with E-state index >= 15 is 0 Å². The molecule has 45 heavy (non-hydrogen) atoms. The van der Waals surface area contributed by atoms with Crippen molar-refractivity contribution >= 4 is 46.5 Å². The van der Waals surface area contributed by atoms with Crippen molar-refractivity contribution in [1.29, 1.82) is 0 Å². The lowest BCUT2D eigenvalue weighted by Gasteiger charge is -2.25. The van der Waals surface area contributed by atoms with Gasteiger partial charge in [0.05, 0.1) is 12.4 Å². The number of guanidine groups is 1. The minimum atomic E-state index is -1.44. The molecular formula is C28H38N10O7. The highest BCUT2D eigenvalue weighted by atomic mass is 16.4. The number of fused-ring (bicyclic) bond motifs is 1. The molecule has 2 heterocycles. The van der Waals surface area contributed by atoms with Crippen LogP contribution in [0, 0.1) is 0 Å². The van der Waals surface area contributed by atoms with Crippen molar-refractivity contribution in [3.8, 4) is 0 Å². The number of rotatable bonds is 18. The molecule has 0 fully saturated rings. The van der Waals surface area contributed by atoms with Gasteiger partial charge in [-0.25, -0.2) is 9.78 Å². The zero-order valence-corrected chi connectivity index (χ0v) is 24.4. The average molecular weight is 627 g/mol. The fourth-order valence-corrected chi connectivity index (χ4v) is 4.58. The van der Waals surface area contributed by atoms with Gasteiger partial charge in [0.15, 0.2) is 5.96 Å². The second-order valence-corrected chi connectivity index (χ2v) is 10.4. The number of carboxylic acid groups (broad SMARTS) is 2. The number of aromatic nitrogens is 3. The first-order chi connectivity index (χ1) is 21.4. The van der Waals surface area contributed by atoms with Crippen LogP contribution in [0.1, 0.15) is 36.9 Å². The minimum Gasteiger partial charge on any atom is -0.481 e. The number of nitrogens with two attached hydrogens (primary N) is 3. The SMILES string of the molecule is NC(N)=NCCCC(NC(=O)C(N)Cc1c[nH]c2ccccc12)C(=O)NC(CCC(=O)O)C(=O)NC(Cc1cnc[nH]1)C(=O)O. The summed E-state index contributed by atoms with van der Waals surface area (Å²) in [6.07, 6.45) is 3.95. The van der Waals surface area contributed by atoms with Gasteiger partial charge in [0.1, 0.15) is 18.1 Å². The number of aliphatic carboxylic acids is 2. The number of nitrogens with one attached hydrogen (secondary N) is 5. The number of carboxylic acids is 2. The van der Waals surface area contributed by atoms with E-state index < -0.39 is 60.2 Å². The van der Waals surface area contributed by atoms with Gasteiger partial charge in [0.25, 0.3) is 0 Å². The van der Waals surface area contributed by atoms with Crippen LogP contribution in [0.5, 0.6) is 0 Å². The van der Waals surface area contributed by atoms with Gasteiger partial charge in [0, 0.05) is 48.4 Å². The maximum Gasteiger partial charge on any atom is 0.326 e. The molecule has 3 rings (SSSR count). The zero-order valence-electron chi connectivity index (χ0n) is 24.4. The highest BCUT2D eigenvalue weighted by Gasteiger charge is 2.31. The molecule has 3 aromatic rings. The van der Waals surface area contributed by atoms with Crippen molar-refractivity contribution in [2.24, 2.45) is 22.2 Å². The number of amides is 3. The van der Waals surface area contributed by atoms with Crippen LogP contribution in [0.25, 0.3) is 10.9 Å². The lowest BCUT2D eigenvalue weighted by atomic mass is 10.0. The maximum absolute atomic E-state index is 13.4. The number of imidazole rings is 1. The van der Waals surface area contributed by atoms with Crippen molar-refractivity contribution in [2.75, 3.05) is 6.54 Å². The van der Waals surface area contributed by atoms with E-state index in [1.54, 1.807) is 6.20 Å². The first kappa shape index (κ1) is 34.0. The van der Waals surface area contributed by atoms with Crippen LogP contribution in [0.4, 0.5) is 0 Å². The van der Waals surface area contributed by atoms with Gasteiger partial charge >= 0.3 is 11.9 Å². The Morgan fingerprint density at radius 3 is 2.20 bits per heavy atom. The van der Waals surface area contributed by atoms with E-state index in [4.69, 9.17) is 17.2 Å². The van der Waals surface area contributed by atoms with Crippen LogP contribution in [0.15, 0.2) is 48.0 Å². The highest BCUT2D eigenvalue weighted by Crippen LogP contribution is 2.19. The van der Waals surface area contributed by atoms with Gasteiger partial charge in [-0.2, -0.15) is 0 Å². The summed E-state index contributed by atoms with van der Waals surface area (Å²) in [5.41, 5.74) is 19.1. The fourth-order valence-electron chi connectivity index (χ4n) is 4.58. The number of hydrogen-bond donors (Lipinski definition) is 10. The van der Waals surface area contributed by atoms with Crippen molar-refractivity contribution in [1.82, 2.24) is 30.9 Å². The maximum atomic E-state index is 13.4. The summed E-state index contributed by atoms with van der Waals surface area (Å²) >= 11 is 0. The number of aromatic amines is 2. The summed E-state index contributed by atoms with van der Waals surface area (Å²) < 4.78 is 0. The summed E-state index contributed by atoms with van der Waals surface area (Å²) in [4.78, 5) is 76.4. The van der Waals surface area contributed by atoms with E-state index in [-0.39, 0.29) is 44.6 Å². The number of nitrogens with zero attached hydrogens (tertiary/aromatic N) is 2. The van der Waals surface area contributed by atoms with Gasteiger partial charge < -0.3 is 53.3 Å². The van der Waals surface area contributed by atoms with E-state index in [2.05, 4.69) is 35.9 Å². The zero-order chi connectivity index (χ0) is 32.9. The molecule has 3 amide bonds. The number of H-pyrrole nitrogens is 2. The first-order valence-electron chi connectivity index (χ1n) is 14.1. The third kappa shape index (κ3) is 10.6. The fraction of sp³-hybridized carbons (Fsp3) is 0.393. The first-order valence-corrected chi connectivity index (χ1v) is 14.1. The Morgan fingerprint density at radius 1 is 0.889 bits per heavy atom. The highest BCUT2D eigenvalue weighted by molar-refractivity contribution is 5.94. The molecule has 0 aliphatic heterocycles. The molecule has 0 saturated carbocycles. The molecule has 2 aromatic heterocycles. The van der Waals surface area contributed by atoms with Crippen LogP contribution < -0.4 is 33.2 Å². The molecular weight excluding hydrogens is 588 g/mol. The quantitative estimate of drug-likeness (QED) is 0.0438. The van der Waals surface area contributed by atoms with Crippen LogP contribution in [-0.4, -0.2) is 91.5 Å². The predicted molar refractivity (Wildman–Crippen MR) is 162 cm³/mol. The van der Waals surface area contributed by atoms with Crippen molar-refractivity contribution < 1.29 is 34.2 Å². The standard InChI is InChI=1S/C28H38N10O7/c29-18(10-15-12-34-19-5-2-1-4-17(15)19)24(41)36-20(6-3-9-33-28(30)31)25(42)37-21(7-8-23(39)40)26(43)38-22(27(44)45)11-16-13-32-14-35-16/h1-2,4-5,12-14,18,20-22,34H,3,6-11,29H2,(H,32,35)(H,36,41)(H,37,42)(H,38,43)(H,39,40)(H,44,45)(H4,30,31,33). The van der Waals surface area contributed by atoms with Crippen LogP contribution >= 0.6 is 0 Å². The summed E-state index contributed by atoms with van der Waals surface area (Å²) in [6.45, 7) is 0.139. The summed E-state index contributed by atoms with van der Waals surface area (Å²) in [5, 5.41) is 27.2. The largest absolute Gasteiger partial charge is 0.481 e. The number of benzene rings is 1. The summed E-state index contributed by atoms with van der Waals surface area (Å²) in [7, 11) is 0. The Kier molecular flexibility index (Phi) is 12.4. The van der Waals surface area contributed by atoms with E-state index in [0.717, 1.165) is 16.5 Å². The predicted octanol–water partition coefficient (Wildman–Crippen LogP) is -1.54. The molecule has 4 unspecified atom stereocenters. The number of carbonyl (C=O) groups excluding carboxylic acids is 3. The molecule has 0 aliphatic rings. The van der Waals surface area contributed by atoms with Gasteiger partial charge in [-0.15, -0.1) is 0 Å². The number of para-hydroxylation sites is 1. The Bertz CT molecular complexity index is 1500. The topological polar surface area (TPSA) is 297 Å². The third-order valence-corrected chi connectivity index (χ3v) is 6.90. The summed E-state index contributed by atoms with van der Waals surface area (Å²) in [5.74, 6) is -5.11. The normalized spacial score (nSPS) is 13.6. The van der Waals surface area contributed by atoms with Crippen LogP contribution in [0.2, 0.25) is 0 Å². The molecule has 0 aliphatic carbocycles. The average Bonchev–Trinajstić information content (AvgIpc) is 3.66. The smallest absolute Gasteiger partial charge is 0.326 e. The number of hydrogen-bond acceptors (Lipinski definition) is 8. The Balaban J connectivity index is 1.74. The van der Waals surface area contributed by atoms with Gasteiger partial charge in [-0.3, -0.25) is 24.2 Å². The van der Waals surface area contributed by atoms with Crippen molar-refractivity contribution in [2.45, 2.75) is 62.7 Å². The van der Waals surface area contributed by atoms with Gasteiger partial charge in [-0.05, 0) is 37.3 Å². The molecule has 1 aromatic carbocycles.